The summed E-state index contributed by atoms with van der Waals surface area (Å²) in [5.41, 5.74) is 1.32. The minimum absolute atomic E-state index is 0.402. The van der Waals surface area contributed by atoms with Gasteiger partial charge in [-0.1, -0.05) is 12.1 Å². The van der Waals surface area contributed by atoms with Crippen LogP contribution in [0.5, 0.6) is 5.75 Å². The van der Waals surface area contributed by atoms with Crippen LogP contribution in [0.3, 0.4) is 0 Å². The van der Waals surface area contributed by atoms with Crippen molar-refractivity contribution in [2.75, 3.05) is 33.1 Å². The van der Waals surface area contributed by atoms with E-state index in [4.69, 9.17) is 9.47 Å². The van der Waals surface area contributed by atoms with Gasteiger partial charge in [0.25, 0.3) is 0 Å². The molecule has 3 nitrogen and oxygen atoms in total. The molecule has 1 aromatic rings. The lowest BCUT2D eigenvalue weighted by molar-refractivity contribution is 0.1000. The van der Waals surface area contributed by atoms with Crippen LogP contribution in [0.15, 0.2) is 24.3 Å². The normalized spacial score (nSPS) is 18.2. The molecule has 4 heteroatoms. The Balaban J connectivity index is 1.87. The molecule has 0 aromatic heterocycles. The first-order valence-electron chi connectivity index (χ1n) is 6.84. The van der Waals surface area contributed by atoms with Crippen molar-refractivity contribution in [3.8, 4) is 5.75 Å². The molecule has 19 heavy (non-hydrogen) atoms. The molecule has 0 saturated carbocycles. The van der Waals surface area contributed by atoms with E-state index in [9.17, 15) is 0 Å². The number of hydrogen-bond acceptors (Lipinski definition) is 4. The molecule has 1 saturated heterocycles. The monoisotopic (exact) mass is 281 g/mol. The highest BCUT2D eigenvalue weighted by Gasteiger charge is 2.17. The van der Waals surface area contributed by atoms with Gasteiger partial charge in [0.2, 0.25) is 0 Å². The van der Waals surface area contributed by atoms with E-state index in [0.29, 0.717) is 6.04 Å². The zero-order valence-corrected chi connectivity index (χ0v) is 12.5. The van der Waals surface area contributed by atoms with Gasteiger partial charge in [0.15, 0.2) is 0 Å². The fraction of sp³-hybridized carbons (Fsp3) is 0.600. The second-order valence-electron chi connectivity index (χ2n) is 4.76. The maximum Gasteiger partial charge on any atom is 0.118 e. The summed E-state index contributed by atoms with van der Waals surface area (Å²) in [7, 11) is 3.73. The molecule has 1 aromatic carbocycles. The maximum absolute atomic E-state index is 5.40. The summed E-state index contributed by atoms with van der Waals surface area (Å²) in [5, 5.41) is 4.16. The fourth-order valence-electron chi connectivity index (χ4n) is 2.26. The van der Waals surface area contributed by atoms with Gasteiger partial charge >= 0.3 is 0 Å². The zero-order chi connectivity index (χ0) is 13.5. The third kappa shape index (κ3) is 4.41. The Morgan fingerprint density at radius 2 is 2.00 bits per heavy atom. The second-order valence-corrected chi connectivity index (χ2v) is 6.09. The van der Waals surface area contributed by atoms with Crippen LogP contribution in [0.25, 0.3) is 0 Å². The van der Waals surface area contributed by atoms with Crippen LogP contribution < -0.4 is 10.1 Å². The van der Waals surface area contributed by atoms with E-state index in [2.05, 4.69) is 29.2 Å². The van der Waals surface area contributed by atoms with Crippen LogP contribution in [-0.2, 0) is 4.74 Å². The van der Waals surface area contributed by atoms with E-state index >= 15 is 0 Å². The van der Waals surface area contributed by atoms with Crippen molar-refractivity contribution in [3.05, 3.63) is 29.8 Å². The van der Waals surface area contributed by atoms with Crippen molar-refractivity contribution in [1.82, 2.24) is 5.32 Å². The molecular formula is C15H23NO2S. The largest absolute Gasteiger partial charge is 0.497 e. The smallest absolute Gasteiger partial charge is 0.118 e. The average molecular weight is 281 g/mol. The van der Waals surface area contributed by atoms with Gasteiger partial charge in [-0.25, -0.2) is 0 Å². The van der Waals surface area contributed by atoms with Crippen LogP contribution in [0.4, 0.5) is 0 Å². The molecule has 1 aliphatic rings. The zero-order valence-electron chi connectivity index (χ0n) is 11.7. The van der Waals surface area contributed by atoms with Gasteiger partial charge < -0.3 is 14.8 Å². The van der Waals surface area contributed by atoms with Crippen molar-refractivity contribution < 1.29 is 9.47 Å². The Labute approximate surface area is 120 Å². The van der Waals surface area contributed by atoms with Gasteiger partial charge in [0.05, 0.1) is 7.11 Å². The summed E-state index contributed by atoms with van der Waals surface area (Å²) in [6, 6.07) is 8.74. The predicted octanol–water partition coefficient (Wildman–Crippen LogP) is 2.87. The topological polar surface area (TPSA) is 30.5 Å². The first-order valence-corrected chi connectivity index (χ1v) is 7.89. The Morgan fingerprint density at radius 1 is 1.32 bits per heavy atom. The van der Waals surface area contributed by atoms with E-state index in [1.807, 2.05) is 19.2 Å². The van der Waals surface area contributed by atoms with Gasteiger partial charge in [-0.15, -0.1) is 0 Å². The molecule has 2 rings (SSSR count). The summed E-state index contributed by atoms with van der Waals surface area (Å²) >= 11 is 2.06. The molecule has 106 valence electrons. The first kappa shape index (κ1) is 14.7. The van der Waals surface area contributed by atoms with Gasteiger partial charge in [0.1, 0.15) is 5.75 Å². The van der Waals surface area contributed by atoms with Crippen molar-refractivity contribution in [3.63, 3.8) is 0 Å². The predicted molar refractivity (Wildman–Crippen MR) is 81.1 cm³/mol. The van der Waals surface area contributed by atoms with Crippen LogP contribution in [0.2, 0.25) is 0 Å². The summed E-state index contributed by atoms with van der Waals surface area (Å²) < 4.78 is 10.6. The summed E-state index contributed by atoms with van der Waals surface area (Å²) in [4.78, 5) is 0. The number of hydrogen-bond donors (Lipinski definition) is 1. The quantitative estimate of drug-likeness (QED) is 0.868. The van der Waals surface area contributed by atoms with Crippen LogP contribution in [0.1, 0.15) is 24.4 Å². The van der Waals surface area contributed by atoms with Crippen molar-refractivity contribution in [1.29, 1.82) is 0 Å². The Kier molecular flexibility index (Phi) is 6.01. The van der Waals surface area contributed by atoms with Crippen LogP contribution in [-0.4, -0.2) is 38.4 Å². The minimum atomic E-state index is 0.402. The van der Waals surface area contributed by atoms with Gasteiger partial charge in [-0.05, 0) is 37.6 Å². The molecule has 1 unspecified atom stereocenters. The second kappa shape index (κ2) is 7.78. The molecule has 1 atom stereocenters. The highest BCUT2D eigenvalue weighted by molar-refractivity contribution is 7.99. The van der Waals surface area contributed by atoms with Crippen LogP contribution >= 0.6 is 11.8 Å². The standard InChI is InChI=1S/C15H23NO2S/c1-16-15(11-19-14-7-9-18-10-8-14)12-3-5-13(17-2)6-4-12/h3-6,14-16H,7-11H2,1-2H3. The highest BCUT2D eigenvalue weighted by atomic mass is 32.2. The van der Waals surface area contributed by atoms with E-state index in [0.717, 1.165) is 30.0 Å². The van der Waals surface area contributed by atoms with Crippen molar-refractivity contribution in [2.45, 2.75) is 24.1 Å². The molecule has 1 aliphatic heterocycles. The molecule has 0 bridgehead atoms. The summed E-state index contributed by atoms with van der Waals surface area (Å²) in [6.07, 6.45) is 2.37. The Hall–Kier alpha value is -0.710. The number of benzene rings is 1. The lowest BCUT2D eigenvalue weighted by atomic mass is 10.1. The highest BCUT2D eigenvalue weighted by Crippen LogP contribution is 2.27. The van der Waals surface area contributed by atoms with Crippen molar-refractivity contribution in [2.24, 2.45) is 0 Å². The fourth-order valence-corrected chi connectivity index (χ4v) is 3.61. The molecule has 0 spiro atoms. The third-order valence-electron chi connectivity index (χ3n) is 3.53. The van der Waals surface area contributed by atoms with E-state index in [1.165, 1.54) is 18.4 Å². The molecule has 1 fully saturated rings. The number of rotatable bonds is 6. The first-order chi connectivity index (χ1) is 9.33. The SMILES string of the molecule is CNC(CSC1CCOCC1)c1ccc(OC)cc1. The molecule has 0 aliphatic carbocycles. The molecule has 1 N–H and O–H groups in total. The van der Waals surface area contributed by atoms with Gasteiger partial charge in [-0.3, -0.25) is 0 Å². The molecular weight excluding hydrogens is 258 g/mol. The summed E-state index contributed by atoms with van der Waals surface area (Å²) in [6.45, 7) is 1.84. The third-order valence-corrected chi connectivity index (χ3v) is 5.00. The van der Waals surface area contributed by atoms with Crippen molar-refractivity contribution >= 4 is 11.8 Å². The van der Waals surface area contributed by atoms with E-state index < -0.39 is 0 Å². The van der Waals surface area contributed by atoms with E-state index in [1.54, 1.807) is 7.11 Å². The number of thioether (sulfide) groups is 1. The number of nitrogens with one attached hydrogen (secondary N) is 1. The van der Waals surface area contributed by atoms with E-state index in [-0.39, 0.29) is 0 Å². The van der Waals surface area contributed by atoms with Crippen LogP contribution in [0, 0.1) is 0 Å². The number of methoxy groups -OCH3 is 1. The number of ether oxygens (including phenoxy) is 2. The summed E-state index contributed by atoms with van der Waals surface area (Å²) in [5.74, 6) is 2.02. The molecule has 1 heterocycles. The lowest BCUT2D eigenvalue weighted by Gasteiger charge is -2.24. The maximum atomic E-state index is 5.40. The lowest BCUT2D eigenvalue weighted by Crippen LogP contribution is -2.23. The average Bonchev–Trinajstić information content (AvgIpc) is 2.49. The van der Waals surface area contributed by atoms with Gasteiger partial charge in [0, 0.05) is 30.3 Å². The minimum Gasteiger partial charge on any atom is -0.497 e. The Bertz CT molecular complexity index is 363. The molecule has 0 radical (unpaired) electrons. The molecule has 0 amide bonds. The Morgan fingerprint density at radius 3 is 2.58 bits per heavy atom. The van der Waals surface area contributed by atoms with Gasteiger partial charge in [-0.2, -0.15) is 11.8 Å².